The maximum atomic E-state index is 12.6. The summed E-state index contributed by atoms with van der Waals surface area (Å²) in [5.74, 6) is 0.945. The number of fused-ring (bicyclic) bond motifs is 3. The Morgan fingerprint density at radius 3 is 2.50 bits per heavy atom. The third-order valence-electron chi connectivity index (χ3n) is 5.27. The third-order valence-corrected chi connectivity index (χ3v) is 5.27. The van der Waals surface area contributed by atoms with Gasteiger partial charge in [0.15, 0.2) is 0 Å². The molecule has 0 amide bonds. The molecule has 0 atom stereocenters. The second-order valence-electron chi connectivity index (χ2n) is 6.91. The quantitative estimate of drug-likeness (QED) is 0.737. The molecule has 1 N–H and O–H groups in total. The molecule has 4 nitrogen and oxygen atoms in total. The van der Waals surface area contributed by atoms with Crippen molar-refractivity contribution in [3.8, 4) is 0 Å². The van der Waals surface area contributed by atoms with E-state index in [1.54, 1.807) is 0 Å². The molecule has 0 aliphatic carbocycles. The van der Waals surface area contributed by atoms with Gasteiger partial charge in [-0.15, -0.1) is 0 Å². The van der Waals surface area contributed by atoms with E-state index in [2.05, 4.69) is 47.1 Å². The van der Waals surface area contributed by atoms with Gasteiger partial charge in [-0.25, -0.2) is 0 Å². The summed E-state index contributed by atoms with van der Waals surface area (Å²) < 4.78 is 0. The van der Waals surface area contributed by atoms with Crippen molar-refractivity contribution in [1.29, 1.82) is 0 Å². The minimum absolute atomic E-state index is 0.00276. The van der Waals surface area contributed by atoms with E-state index < -0.39 is 0 Å². The number of benzene rings is 2. The first-order valence-electron chi connectivity index (χ1n) is 8.59. The molecule has 124 valence electrons. The Labute approximate surface area is 141 Å². The van der Waals surface area contributed by atoms with Crippen LogP contribution in [0.2, 0.25) is 0 Å². The largest absolute Gasteiger partial charge is 0.358 e. The molecule has 0 unspecified atom stereocenters. The highest BCUT2D eigenvalue weighted by Crippen LogP contribution is 2.27. The maximum Gasteiger partial charge on any atom is 0.257 e. The van der Waals surface area contributed by atoms with Crippen molar-refractivity contribution in [3.05, 3.63) is 52.8 Å². The Hall–Kier alpha value is -2.33. The first-order valence-corrected chi connectivity index (χ1v) is 8.59. The van der Waals surface area contributed by atoms with Crippen LogP contribution in [0.15, 0.2) is 47.3 Å². The van der Waals surface area contributed by atoms with Crippen LogP contribution in [0.5, 0.6) is 0 Å². The van der Waals surface area contributed by atoms with Gasteiger partial charge in [-0.2, -0.15) is 0 Å². The van der Waals surface area contributed by atoms with Crippen molar-refractivity contribution in [2.45, 2.75) is 18.9 Å². The number of aromatic amines is 1. The number of H-pyrrole nitrogens is 1. The molecule has 24 heavy (non-hydrogen) atoms. The van der Waals surface area contributed by atoms with Gasteiger partial charge in [0, 0.05) is 24.5 Å². The fourth-order valence-corrected chi connectivity index (χ4v) is 3.80. The van der Waals surface area contributed by atoms with Crippen LogP contribution in [-0.4, -0.2) is 43.1 Å². The summed E-state index contributed by atoms with van der Waals surface area (Å²) in [6.07, 6.45) is 2.26. The van der Waals surface area contributed by atoms with Gasteiger partial charge in [0.25, 0.3) is 5.56 Å². The number of rotatable bonds is 2. The van der Waals surface area contributed by atoms with Gasteiger partial charge in [0.05, 0.1) is 0 Å². The Morgan fingerprint density at radius 1 is 1.00 bits per heavy atom. The minimum atomic E-state index is 0.00276. The van der Waals surface area contributed by atoms with Gasteiger partial charge in [0.2, 0.25) is 0 Å². The molecule has 1 saturated heterocycles. The lowest BCUT2D eigenvalue weighted by molar-refractivity contribution is 0.249. The topological polar surface area (TPSA) is 39.3 Å². The number of hydrogen-bond donors (Lipinski definition) is 1. The molecule has 4 heteroatoms. The Bertz CT molecular complexity index is 936. The molecule has 0 bridgehead atoms. The maximum absolute atomic E-state index is 12.6. The SMILES string of the molecule is CN(C)C1CCN(c2cc3c(ccc4ccccc43)c(=O)[nH]2)CC1. The highest BCUT2D eigenvalue weighted by molar-refractivity contribution is 6.07. The van der Waals surface area contributed by atoms with Crippen LogP contribution in [0.4, 0.5) is 5.82 Å². The van der Waals surface area contributed by atoms with Crippen molar-refractivity contribution < 1.29 is 0 Å². The van der Waals surface area contributed by atoms with Gasteiger partial charge >= 0.3 is 0 Å². The number of piperidine rings is 1. The molecular weight excluding hydrogens is 298 g/mol. The molecule has 2 aromatic carbocycles. The van der Waals surface area contributed by atoms with Gasteiger partial charge < -0.3 is 14.8 Å². The summed E-state index contributed by atoms with van der Waals surface area (Å²) in [5.41, 5.74) is 0.00276. The van der Waals surface area contributed by atoms with E-state index in [-0.39, 0.29) is 5.56 Å². The van der Waals surface area contributed by atoms with Gasteiger partial charge in [-0.3, -0.25) is 4.79 Å². The van der Waals surface area contributed by atoms with Crippen molar-refractivity contribution in [1.82, 2.24) is 9.88 Å². The van der Waals surface area contributed by atoms with Gasteiger partial charge in [-0.1, -0.05) is 30.3 Å². The molecule has 1 fully saturated rings. The van der Waals surface area contributed by atoms with E-state index in [1.165, 1.54) is 5.39 Å². The Kier molecular flexibility index (Phi) is 3.77. The van der Waals surface area contributed by atoms with E-state index in [1.807, 2.05) is 24.3 Å². The lowest BCUT2D eigenvalue weighted by Gasteiger charge is -2.36. The molecule has 0 saturated carbocycles. The van der Waals surface area contributed by atoms with Crippen LogP contribution >= 0.6 is 0 Å². The minimum Gasteiger partial charge on any atom is -0.358 e. The molecule has 1 aliphatic heterocycles. The summed E-state index contributed by atoms with van der Waals surface area (Å²) >= 11 is 0. The van der Waals surface area contributed by atoms with Crippen molar-refractivity contribution in [3.63, 3.8) is 0 Å². The lowest BCUT2D eigenvalue weighted by Crippen LogP contribution is -2.42. The summed E-state index contributed by atoms with van der Waals surface area (Å²) in [4.78, 5) is 20.3. The zero-order valence-electron chi connectivity index (χ0n) is 14.2. The lowest BCUT2D eigenvalue weighted by atomic mass is 10.0. The van der Waals surface area contributed by atoms with Crippen LogP contribution in [-0.2, 0) is 0 Å². The molecule has 4 rings (SSSR count). The van der Waals surface area contributed by atoms with E-state index in [0.717, 1.165) is 47.9 Å². The smallest absolute Gasteiger partial charge is 0.257 e. The predicted molar refractivity (Wildman–Crippen MR) is 101 cm³/mol. The van der Waals surface area contributed by atoms with Crippen LogP contribution in [0, 0.1) is 0 Å². The van der Waals surface area contributed by atoms with Crippen LogP contribution in [0.3, 0.4) is 0 Å². The first kappa shape index (κ1) is 15.2. The highest BCUT2D eigenvalue weighted by Gasteiger charge is 2.21. The number of nitrogens with zero attached hydrogens (tertiary/aromatic N) is 2. The molecular formula is C20H23N3O. The number of pyridine rings is 1. The van der Waals surface area contributed by atoms with Crippen LogP contribution in [0.1, 0.15) is 12.8 Å². The Balaban J connectivity index is 1.77. The molecule has 2 heterocycles. The van der Waals surface area contributed by atoms with Crippen molar-refractivity contribution in [2.24, 2.45) is 0 Å². The van der Waals surface area contributed by atoms with E-state index >= 15 is 0 Å². The molecule has 3 aromatic rings. The van der Waals surface area contributed by atoms with Gasteiger partial charge in [-0.05, 0) is 55.2 Å². The standard InChI is InChI=1S/C20H23N3O/c1-22(2)15-9-11-23(12-10-15)19-13-18-16-6-4-3-5-14(16)7-8-17(18)20(24)21-19/h3-8,13,15H,9-12H2,1-2H3,(H,21,24). The summed E-state index contributed by atoms with van der Waals surface area (Å²) in [6, 6.07) is 15.0. The zero-order chi connectivity index (χ0) is 16.7. The fourth-order valence-electron chi connectivity index (χ4n) is 3.80. The molecule has 0 spiro atoms. The summed E-state index contributed by atoms with van der Waals surface area (Å²) in [5, 5.41) is 4.13. The Morgan fingerprint density at radius 2 is 1.75 bits per heavy atom. The van der Waals surface area contributed by atoms with E-state index in [4.69, 9.17) is 0 Å². The van der Waals surface area contributed by atoms with Crippen molar-refractivity contribution >= 4 is 27.4 Å². The molecule has 0 radical (unpaired) electrons. The second kappa shape index (κ2) is 5.95. The number of anilines is 1. The zero-order valence-corrected chi connectivity index (χ0v) is 14.2. The first-order chi connectivity index (χ1) is 11.6. The van der Waals surface area contributed by atoms with Crippen LogP contribution in [0.25, 0.3) is 21.5 Å². The fraction of sp³-hybridized carbons (Fsp3) is 0.350. The average molecular weight is 321 g/mol. The molecule has 1 aromatic heterocycles. The van der Waals surface area contributed by atoms with Gasteiger partial charge in [0.1, 0.15) is 5.82 Å². The molecule has 1 aliphatic rings. The predicted octanol–water partition coefficient (Wildman–Crippen LogP) is 3.21. The highest BCUT2D eigenvalue weighted by atomic mass is 16.1. The number of nitrogens with one attached hydrogen (secondary N) is 1. The summed E-state index contributed by atoms with van der Waals surface area (Å²) in [6.45, 7) is 1.96. The van der Waals surface area contributed by atoms with E-state index in [0.29, 0.717) is 6.04 Å². The number of hydrogen-bond acceptors (Lipinski definition) is 3. The van der Waals surface area contributed by atoms with E-state index in [9.17, 15) is 4.79 Å². The monoisotopic (exact) mass is 321 g/mol. The number of aromatic nitrogens is 1. The van der Waals surface area contributed by atoms with Crippen molar-refractivity contribution in [2.75, 3.05) is 32.1 Å². The average Bonchev–Trinajstić information content (AvgIpc) is 2.61. The third kappa shape index (κ3) is 2.57. The second-order valence-corrected chi connectivity index (χ2v) is 6.91. The van der Waals surface area contributed by atoms with Crippen LogP contribution < -0.4 is 10.5 Å². The normalized spacial score (nSPS) is 16.4. The summed E-state index contributed by atoms with van der Waals surface area (Å²) in [7, 11) is 4.29.